The van der Waals surface area contributed by atoms with Crippen molar-refractivity contribution in [1.29, 1.82) is 0 Å². The van der Waals surface area contributed by atoms with Gasteiger partial charge < -0.3 is 20.1 Å². The first-order valence-corrected chi connectivity index (χ1v) is 12.6. The molecule has 0 saturated heterocycles. The fraction of sp³-hybridized carbons (Fsp3) is 0.846. The Labute approximate surface area is 200 Å². The van der Waals surface area contributed by atoms with E-state index in [1.807, 2.05) is 6.92 Å². The maximum atomic E-state index is 13.8. The fourth-order valence-electron chi connectivity index (χ4n) is 8.22. The summed E-state index contributed by atoms with van der Waals surface area (Å²) in [7, 11) is 0. The molecular weight excluding hydrogens is 440 g/mol. The van der Waals surface area contributed by atoms with Crippen LogP contribution in [0.25, 0.3) is 0 Å². The van der Waals surface area contributed by atoms with E-state index in [9.17, 15) is 34.5 Å². The number of carboxylic acid groups (broad SMARTS) is 1. The first-order valence-electron chi connectivity index (χ1n) is 12.6. The summed E-state index contributed by atoms with van der Waals surface area (Å²) >= 11 is 0. The number of carbonyl (C=O) groups excluding carboxylic acids is 3. The van der Waals surface area contributed by atoms with Gasteiger partial charge in [0.25, 0.3) is 0 Å². The molecule has 0 heterocycles. The third-order valence-corrected chi connectivity index (χ3v) is 10.4. The Morgan fingerprint density at radius 1 is 1.09 bits per heavy atom. The number of aliphatic carboxylic acids is 1. The van der Waals surface area contributed by atoms with Gasteiger partial charge in [0.2, 0.25) is 5.78 Å². The van der Waals surface area contributed by atoms with Gasteiger partial charge in [-0.1, -0.05) is 13.8 Å². The summed E-state index contributed by atoms with van der Waals surface area (Å²) in [6, 6.07) is 0. The molecule has 34 heavy (non-hydrogen) atoms. The summed E-state index contributed by atoms with van der Waals surface area (Å²) < 4.78 is 5.81. The van der Waals surface area contributed by atoms with Crippen LogP contribution in [0, 0.1) is 39.9 Å². The molecule has 0 amide bonds. The molecule has 8 atom stereocenters. The maximum Gasteiger partial charge on any atom is 0.323 e. The van der Waals surface area contributed by atoms with E-state index in [0.717, 1.165) is 19.3 Å². The lowest BCUT2D eigenvalue weighted by Gasteiger charge is -2.60. The van der Waals surface area contributed by atoms with Crippen molar-refractivity contribution in [3.63, 3.8) is 0 Å². The number of aliphatic hydroxyl groups excluding tert-OH is 2. The largest absolute Gasteiger partial charge is 0.480 e. The Morgan fingerprint density at radius 2 is 1.76 bits per heavy atom. The Kier molecular flexibility index (Phi) is 6.04. The number of hydrogen-bond acceptors (Lipinski definition) is 7. The van der Waals surface area contributed by atoms with Crippen LogP contribution in [0.2, 0.25) is 0 Å². The molecule has 190 valence electrons. The van der Waals surface area contributed by atoms with Crippen LogP contribution in [0.1, 0.15) is 79.1 Å². The van der Waals surface area contributed by atoms with Crippen LogP contribution in [0.5, 0.6) is 0 Å². The van der Waals surface area contributed by atoms with Gasteiger partial charge in [0.05, 0.1) is 6.10 Å². The number of esters is 1. The highest BCUT2D eigenvalue weighted by atomic mass is 16.6. The standard InChI is InChI=1S/C26H38O8/c1-23(2,21(31)32)22(33)34-26(19(30)13-27)10-8-17-16-6-5-14-11-15(28)7-9-24(14,3)20(16)18(29)12-25(17,26)4/h14-17,20,27-28H,5-13H2,1-4H3,(H,31,32)/t14-,15-,16+,17+,20-,24+,25+,26+/m1/s1. The minimum atomic E-state index is -1.87. The van der Waals surface area contributed by atoms with Crippen molar-refractivity contribution < 1.29 is 39.2 Å². The van der Waals surface area contributed by atoms with Gasteiger partial charge in [0, 0.05) is 17.8 Å². The number of carbonyl (C=O) groups is 4. The molecule has 4 aliphatic carbocycles. The van der Waals surface area contributed by atoms with E-state index in [1.54, 1.807) is 0 Å². The van der Waals surface area contributed by atoms with Crippen LogP contribution in [0.15, 0.2) is 0 Å². The Morgan fingerprint density at radius 3 is 2.38 bits per heavy atom. The molecule has 4 rings (SSSR count). The van der Waals surface area contributed by atoms with Crippen molar-refractivity contribution >= 4 is 23.5 Å². The summed E-state index contributed by atoms with van der Waals surface area (Å²) in [5.41, 5.74) is -4.80. The van der Waals surface area contributed by atoms with Crippen LogP contribution in [-0.4, -0.2) is 57.1 Å². The van der Waals surface area contributed by atoms with Gasteiger partial charge in [-0.3, -0.25) is 19.2 Å². The third kappa shape index (κ3) is 3.31. The first kappa shape index (κ1) is 25.3. The van der Waals surface area contributed by atoms with Crippen LogP contribution < -0.4 is 0 Å². The minimum absolute atomic E-state index is 0.0299. The van der Waals surface area contributed by atoms with E-state index in [1.165, 1.54) is 13.8 Å². The predicted molar refractivity (Wildman–Crippen MR) is 120 cm³/mol. The van der Waals surface area contributed by atoms with Crippen LogP contribution >= 0.6 is 0 Å². The number of ketones is 2. The van der Waals surface area contributed by atoms with Gasteiger partial charge in [0.1, 0.15) is 12.4 Å². The van der Waals surface area contributed by atoms with E-state index < -0.39 is 40.8 Å². The number of hydrogen-bond donors (Lipinski definition) is 3. The number of ether oxygens (including phenoxy) is 1. The van der Waals surface area contributed by atoms with Crippen molar-refractivity contribution in [2.45, 2.75) is 90.8 Å². The van der Waals surface area contributed by atoms with Crippen molar-refractivity contribution in [1.82, 2.24) is 0 Å². The molecule has 0 bridgehead atoms. The molecule has 0 aromatic rings. The zero-order valence-corrected chi connectivity index (χ0v) is 20.6. The van der Waals surface area contributed by atoms with Crippen LogP contribution in [-0.2, 0) is 23.9 Å². The summed E-state index contributed by atoms with van der Waals surface area (Å²) in [6.07, 6.45) is 4.36. The molecule has 4 aliphatic rings. The Hall–Kier alpha value is -1.80. The van der Waals surface area contributed by atoms with Crippen molar-refractivity contribution in [2.75, 3.05) is 6.61 Å². The van der Waals surface area contributed by atoms with Gasteiger partial charge in [-0.05, 0) is 82.0 Å². The number of fused-ring (bicyclic) bond motifs is 5. The van der Waals surface area contributed by atoms with Crippen LogP contribution in [0.4, 0.5) is 0 Å². The highest BCUT2D eigenvalue weighted by molar-refractivity contribution is 6.01. The van der Waals surface area contributed by atoms with E-state index >= 15 is 0 Å². The topological polar surface area (TPSA) is 138 Å². The molecule has 8 nitrogen and oxygen atoms in total. The first-order chi connectivity index (χ1) is 15.7. The highest BCUT2D eigenvalue weighted by Crippen LogP contribution is 2.68. The monoisotopic (exact) mass is 478 g/mol. The molecule has 4 fully saturated rings. The lowest BCUT2D eigenvalue weighted by Crippen LogP contribution is -2.63. The summed E-state index contributed by atoms with van der Waals surface area (Å²) in [4.78, 5) is 51.7. The fourth-order valence-corrected chi connectivity index (χ4v) is 8.22. The second-order valence-electron chi connectivity index (χ2n) is 12.3. The van der Waals surface area contributed by atoms with E-state index in [-0.39, 0.29) is 53.8 Å². The van der Waals surface area contributed by atoms with Gasteiger partial charge >= 0.3 is 11.9 Å². The summed E-state index contributed by atoms with van der Waals surface area (Å²) in [5, 5.41) is 29.6. The molecule has 0 aromatic carbocycles. The molecule has 4 saturated carbocycles. The molecule has 0 aliphatic heterocycles. The number of carboxylic acids is 1. The van der Waals surface area contributed by atoms with Gasteiger partial charge in [-0.25, -0.2) is 0 Å². The zero-order chi connectivity index (χ0) is 25.3. The lowest BCUT2D eigenvalue weighted by molar-refractivity contribution is -0.203. The molecule has 0 unspecified atom stereocenters. The minimum Gasteiger partial charge on any atom is -0.480 e. The van der Waals surface area contributed by atoms with E-state index in [4.69, 9.17) is 4.74 Å². The van der Waals surface area contributed by atoms with Crippen molar-refractivity contribution in [3.05, 3.63) is 0 Å². The van der Waals surface area contributed by atoms with Gasteiger partial charge in [-0.15, -0.1) is 0 Å². The predicted octanol–water partition coefficient (Wildman–Crippen LogP) is 2.52. The lowest BCUT2D eigenvalue weighted by atomic mass is 9.44. The van der Waals surface area contributed by atoms with Gasteiger partial charge in [-0.2, -0.15) is 0 Å². The second-order valence-corrected chi connectivity index (χ2v) is 12.3. The molecule has 0 aromatic heterocycles. The zero-order valence-electron chi connectivity index (χ0n) is 20.6. The van der Waals surface area contributed by atoms with E-state index in [2.05, 4.69) is 6.92 Å². The van der Waals surface area contributed by atoms with Crippen LogP contribution in [0.3, 0.4) is 0 Å². The summed E-state index contributed by atoms with van der Waals surface area (Å²) in [5.74, 6) is -2.92. The third-order valence-electron chi connectivity index (χ3n) is 10.4. The average molecular weight is 479 g/mol. The maximum absolute atomic E-state index is 13.8. The second kappa shape index (κ2) is 8.12. The van der Waals surface area contributed by atoms with Crippen molar-refractivity contribution in [2.24, 2.45) is 39.9 Å². The molecule has 0 spiro atoms. The number of Topliss-reactive ketones (excluding diaryl/α,β-unsaturated/α-hetero) is 2. The smallest absolute Gasteiger partial charge is 0.323 e. The molecule has 0 radical (unpaired) electrons. The Balaban J connectivity index is 1.72. The molecule has 3 N–H and O–H groups in total. The molecular formula is C26H38O8. The Bertz CT molecular complexity index is 910. The van der Waals surface area contributed by atoms with Gasteiger partial charge in [0.15, 0.2) is 11.0 Å². The average Bonchev–Trinajstić information content (AvgIpc) is 3.05. The highest BCUT2D eigenvalue weighted by Gasteiger charge is 2.71. The number of rotatable bonds is 5. The van der Waals surface area contributed by atoms with E-state index in [0.29, 0.717) is 19.3 Å². The molecule has 8 heteroatoms. The van der Waals surface area contributed by atoms with Crippen molar-refractivity contribution in [3.8, 4) is 0 Å². The SMILES string of the molecule is CC(C)(C(=O)O)C(=O)O[C@]1(C(=O)CO)CC[C@H]2[C@@H]3CC[C@@H]4C[C@H](O)CC[C@]4(C)[C@H]3C(=O)C[C@@]21C. The normalized spacial score (nSPS) is 43.9. The number of aliphatic hydroxyl groups is 2. The summed E-state index contributed by atoms with van der Waals surface area (Å²) in [6.45, 7) is 5.60. The quantitative estimate of drug-likeness (QED) is 0.405.